The van der Waals surface area contributed by atoms with E-state index in [-0.39, 0.29) is 23.8 Å². The SMILES string of the molecule is CC1(C)CC(O)CCN(C(=O)Cc2ccon2)C1. The van der Waals surface area contributed by atoms with E-state index in [9.17, 15) is 9.90 Å². The normalized spacial score (nSPS) is 23.7. The second-order valence-electron chi connectivity index (χ2n) is 5.79. The molecule has 1 unspecified atom stereocenters. The van der Waals surface area contributed by atoms with Crippen LogP contribution in [-0.4, -0.2) is 40.3 Å². The molecule has 0 spiro atoms. The summed E-state index contributed by atoms with van der Waals surface area (Å²) in [7, 11) is 0. The van der Waals surface area contributed by atoms with Gasteiger partial charge in [-0.05, 0) is 18.3 Å². The zero-order valence-electron chi connectivity index (χ0n) is 10.9. The molecule has 100 valence electrons. The van der Waals surface area contributed by atoms with Crippen molar-refractivity contribution in [1.82, 2.24) is 10.1 Å². The molecule has 5 heteroatoms. The first-order valence-electron chi connectivity index (χ1n) is 6.31. The van der Waals surface area contributed by atoms with Crippen LogP contribution in [0.25, 0.3) is 0 Å². The Kier molecular flexibility index (Phi) is 3.71. The second kappa shape index (κ2) is 5.10. The van der Waals surface area contributed by atoms with Crippen LogP contribution in [0.3, 0.4) is 0 Å². The van der Waals surface area contributed by atoms with Crippen LogP contribution in [0, 0.1) is 5.41 Å². The molecule has 1 aliphatic rings. The van der Waals surface area contributed by atoms with Gasteiger partial charge in [-0.3, -0.25) is 4.79 Å². The van der Waals surface area contributed by atoms with Crippen LogP contribution in [-0.2, 0) is 11.2 Å². The van der Waals surface area contributed by atoms with Crippen LogP contribution in [0.2, 0.25) is 0 Å². The Hall–Kier alpha value is -1.36. The van der Waals surface area contributed by atoms with Crippen LogP contribution in [0.15, 0.2) is 16.9 Å². The molecule has 1 aliphatic heterocycles. The smallest absolute Gasteiger partial charge is 0.228 e. The van der Waals surface area contributed by atoms with E-state index in [0.717, 1.165) is 6.42 Å². The molecule has 2 heterocycles. The predicted octanol–water partition coefficient (Wildman–Crippen LogP) is 1.23. The Morgan fingerprint density at radius 1 is 1.67 bits per heavy atom. The highest BCUT2D eigenvalue weighted by Gasteiger charge is 2.31. The molecule has 0 bridgehead atoms. The average Bonchev–Trinajstić information content (AvgIpc) is 2.70. The number of aromatic nitrogens is 1. The molecule has 0 saturated carbocycles. The van der Waals surface area contributed by atoms with Gasteiger partial charge in [-0.25, -0.2) is 0 Å². The minimum atomic E-state index is -0.315. The van der Waals surface area contributed by atoms with Crippen molar-refractivity contribution < 1.29 is 14.4 Å². The summed E-state index contributed by atoms with van der Waals surface area (Å²) in [4.78, 5) is 14.0. The number of hydrogen-bond acceptors (Lipinski definition) is 4. The van der Waals surface area contributed by atoms with Crippen LogP contribution in [0.4, 0.5) is 0 Å². The summed E-state index contributed by atoms with van der Waals surface area (Å²) >= 11 is 0. The summed E-state index contributed by atoms with van der Waals surface area (Å²) < 4.78 is 4.72. The van der Waals surface area contributed by atoms with Crippen molar-refractivity contribution in [3.05, 3.63) is 18.0 Å². The summed E-state index contributed by atoms with van der Waals surface area (Å²) in [5, 5.41) is 13.6. The van der Waals surface area contributed by atoms with Gasteiger partial charge in [0.1, 0.15) is 6.26 Å². The Morgan fingerprint density at radius 2 is 2.44 bits per heavy atom. The van der Waals surface area contributed by atoms with Gasteiger partial charge in [-0.15, -0.1) is 0 Å². The van der Waals surface area contributed by atoms with Crippen molar-refractivity contribution in [3.8, 4) is 0 Å². The first-order chi connectivity index (χ1) is 8.46. The highest BCUT2D eigenvalue weighted by Crippen LogP contribution is 2.28. The van der Waals surface area contributed by atoms with Gasteiger partial charge in [0.2, 0.25) is 5.91 Å². The van der Waals surface area contributed by atoms with E-state index < -0.39 is 0 Å². The summed E-state index contributed by atoms with van der Waals surface area (Å²) in [5.74, 6) is 0.0473. The van der Waals surface area contributed by atoms with Crippen LogP contribution in [0.5, 0.6) is 0 Å². The fourth-order valence-electron chi connectivity index (χ4n) is 2.51. The van der Waals surface area contributed by atoms with Gasteiger partial charge in [0.15, 0.2) is 0 Å². The van der Waals surface area contributed by atoms with E-state index in [4.69, 9.17) is 4.52 Å². The topological polar surface area (TPSA) is 66.6 Å². The molecule has 0 aromatic carbocycles. The van der Waals surface area contributed by atoms with Crippen molar-refractivity contribution in [2.75, 3.05) is 13.1 Å². The van der Waals surface area contributed by atoms with Crippen LogP contribution < -0.4 is 0 Å². The largest absolute Gasteiger partial charge is 0.393 e. The number of rotatable bonds is 2. The number of hydrogen-bond donors (Lipinski definition) is 1. The molecule has 2 rings (SSSR count). The molecule has 0 radical (unpaired) electrons. The third kappa shape index (κ3) is 3.32. The fraction of sp³-hybridized carbons (Fsp3) is 0.692. The number of carbonyl (C=O) groups excluding carboxylic acids is 1. The van der Waals surface area contributed by atoms with Gasteiger partial charge in [0.05, 0.1) is 18.2 Å². The van der Waals surface area contributed by atoms with E-state index in [1.807, 2.05) is 4.90 Å². The van der Waals surface area contributed by atoms with Crippen LogP contribution >= 0.6 is 0 Å². The van der Waals surface area contributed by atoms with Crippen molar-refractivity contribution >= 4 is 5.91 Å². The van der Waals surface area contributed by atoms with Crippen molar-refractivity contribution in [3.63, 3.8) is 0 Å². The van der Waals surface area contributed by atoms with E-state index >= 15 is 0 Å². The molecule has 1 saturated heterocycles. The predicted molar refractivity (Wildman–Crippen MR) is 65.8 cm³/mol. The minimum absolute atomic E-state index is 0.0462. The Labute approximate surface area is 107 Å². The summed E-state index contributed by atoms with van der Waals surface area (Å²) in [6.45, 7) is 5.46. The maximum Gasteiger partial charge on any atom is 0.228 e. The van der Waals surface area contributed by atoms with E-state index in [1.54, 1.807) is 6.07 Å². The lowest BCUT2D eigenvalue weighted by atomic mass is 9.87. The van der Waals surface area contributed by atoms with E-state index in [1.165, 1.54) is 6.26 Å². The van der Waals surface area contributed by atoms with Crippen molar-refractivity contribution in [2.24, 2.45) is 5.41 Å². The number of amides is 1. The lowest BCUT2D eigenvalue weighted by Crippen LogP contribution is -2.38. The summed E-state index contributed by atoms with van der Waals surface area (Å²) in [6, 6.07) is 1.70. The lowest BCUT2D eigenvalue weighted by Gasteiger charge is -2.29. The number of aliphatic hydroxyl groups is 1. The molecule has 1 amide bonds. The number of likely N-dealkylation sites (tertiary alicyclic amines) is 1. The third-order valence-corrected chi connectivity index (χ3v) is 3.32. The molecule has 18 heavy (non-hydrogen) atoms. The zero-order valence-corrected chi connectivity index (χ0v) is 10.9. The van der Waals surface area contributed by atoms with Gasteiger partial charge in [0, 0.05) is 19.2 Å². The standard InChI is InChI=1S/C13H20N2O3/c1-13(2)8-11(16)3-5-15(9-13)12(17)7-10-4-6-18-14-10/h4,6,11,16H,3,5,7-9H2,1-2H3. The maximum atomic E-state index is 12.2. The van der Waals surface area contributed by atoms with E-state index in [0.29, 0.717) is 25.2 Å². The van der Waals surface area contributed by atoms with Gasteiger partial charge in [-0.2, -0.15) is 0 Å². The first kappa shape index (κ1) is 13.1. The second-order valence-corrected chi connectivity index (χ2v) is 5.79. The van der Waals surface area contributed by atoms with Gasteiger partial charge in [-0.1, -0.05) is 19.0 Å². The molecule has 5 nitrogen and oxygen atoms in total. The van der Waals surface area contributed by atoms with Crippen LogP contribution in [0.1, 0.15) is 32.4 Å². The molecular formula is C13H20N2O3. The molecule has 1 fully saturated rings. The number of carbonyl (C=O) groups is 1. The number of nitrogens with zero attached hydrogens (tertiary/aromatic N) is 2. The number of aliphatic hydroxyl groups excluding tert-OH is 1. The first-order valence-corrected chi connectivity index (χ1v) is 6.31. The lowest BCUT2D eigenvalue weighted by molar-refractivity contribution is -0.131. The molecule has 1 atom stereocenters. The Balaban J connectivity index is 2.01. The fourth-order valence-corrected chi connectivity index (χ4v) is 2.51. The maximum absolute atomic E-state index is 12.2. The van der Waals surface area contributed by atoms with Crippen molar-refractivity contribution in [2.45, 2.75) is 39.2 Å². The molecular weight excluding hydrogens is 232 g/mol. The highest BCUT2D eigenvalue weighted by molar-refractivity contribution is 5.78. The third-order valence-electron chi connectivity index (χ3n) is 3.32. The highest BCUT2D eigenvalue weighted by atomic mass is 16.5. The van der Waals surface area contributed by atoms with Gasteiger partial charge in [0.25, 0.3) is 0 Å². The zero-order chi connectivity index (χ0) is 13.2. The quantitative estimate of drug-likeness (QED) is 0.859. The molecule has 1 N–H and O–H groups in total. The van der Waals surface area contributed by atoms with Crippen molar-refractivity contribution in [1.29, 1.82) is 0 Å². The van der Waals surface area contributed by atoms with E-state index in [2.05, 4.69) is 19.0 Å². The Bertz CT molecular complexity index is 400. The van der Waals surface area contributed by atoms with Gasteiger partial charge < -0.3 is 14.5 Å². The molecule has 1 aromatic heterocycles. The molecule has 0 aliphatic carbocycles. The minimum Gasteiger partial charge on any atom is -0.393 e. The average molecular weight is 252 g/mol. The van der Waals surface area contributed by atoms with Gasteiger partial charge >= 0.3 is 0 Å². The summed E-state index contributed by atoms with van der Waals surface area (Å²) in [5.41, 5.74) is 0.609. The summed E-state index contributed by atoms with van der Waals surface area (Å²) in [6.07, 6.45) is 2.81. The monoisotopic (exact) mass is 252 g/mol. The molecule has 1 aromatic rings. The Morgan fingerprint density at radius 3 is 3.11 bits per heavy atom.